The van der Waals surface area contributed by atoms with Gasteiger partial charge in [0.2, 0.25) is 0 Å². The number of fused-ring (bicyclic) bond motifs is 7. The summed E-state index contributed by atoms with van der Waals surface area (Å²) in [7, 11) is 5.32. The highest BCUT2D eigenvalue weighted by atomic mass is 16.5. The van der Waals surface area contributed by atoms with Gasteiger partial charge in [0.15, 0.2) is 0 Å². The Morgan fingerprint density at radius 1 is 0.882 bits per heavy atom. The van der Waals surface area contributed by atoms with Crippen LogP contribution in [0.1, 0.15) is 129 Å². The number of esters is 1. The second-order valence-electron chi connectivity index (χ2n) is 17.5. The maximum atomic E-state index is 14.1. The third kappa shape index (κ3) is 6.50. The lowest BCUT2D eigenvalue weighted by Gasteiger charge is -2.72. The van der Waals surface area contributed by atoms with Crippen LogP contribution in [0, 0.1) is 56.7 Å². The third-order valence-corrected chi connectivity index (χ3v) is 15.1. The molecule has 51 heavy (non-hydrogen) atoms. The molecular weight excluding hydrogens is 633 g/mol. The van der Waals surface area contributed by atoms with Gasteiger partial charge < -0.3 is 15.1 Å². The summed E-state index contributed by atoms with van der Waals surface area (Å²) in [6.45, 7) is 29.6. The predicted octanol–water partition coefficient (Wildman–Crippen LogP) is 10.2. The lowest BCUT2D eigenvalue weighted by atomic mass is 9.32. The van der Waals surface area contributed by atoms with Crippen LogP contribution < -0.4 is 0 Å². The van der Waals surface area contributed by atoms with E-state index in [1.54, 1.807) is 6.34 Å². The van der Waals surface area contributed by atoms with E-state index in [0.717, 1.165) is 32.1 Å². The number of nitrogens with zero attached hydrogens (tertiary/aromatic N) is 2. The number of methoxy groups -OCH3 is 1. The van der Waals surface area contributed by atoms with Gasteiger partial charge in [0.1, 0.15) is 0 Å². The molecule has 5 aliphatic rings. The maximum absolute atomic E-state index is 14.1. The van der Waals surface area contributed by atoms with Gasteiger partial charge in [-0.25, -0.2) is 9.79 Å². The van der Waals surface area contributed by atoms with Gasteiger partial charge in [-0.1, -0.05) is 78.8 Å². The van der Waals surface area contributed by atoms with Crippen molar-refractivity contribution in [3.8, 4) is 0 Å². The average molecular weight is 703 g/mol. The first-order valence-electron chi connectivity index (χ1n) is 19.4. The van der Waals surface area contributed by atoms with Crippen molar-refractivity contribution in [2.75, 3.05) is 21.2 Å². The van der Waals surface area contributed by atoms with Crippen molar-refractivity contribution >= 4 is 23.8 Å². The smallest absolute Gasteiger partial charge is 0.337 e. The van der Waals surface area contributed by atoms with Gasteiger partial charge >= 0.3 is 5.97 Å². The number of benzene rings is 1. The van der Waals surface area contributed by atoms with Gasteiger partial charge in [-0.2, -0.15) is 0 Å². The molecule has 0 aromatic heterocycles. The number of rotatable bonds is 5. The summed E-state index contributed by atoms with van der Waals surface area (Å²) >= 11 is 0. The summed E-state index contributed by atoms with van der Waals surface area (Å²) < 4.78 is 4.95. The van der Waals surface area contributed by atoms with Gasteiger partial charge in [0, 0.05) is 14.1 Å². The van der Waals surface area contributed by atoms with Crippen molar-refractivity contribution in [3.05, 3.63) is 66.8 Å². The van der Waals surface area contributed by atoms with Crippen molar-refractivity contribution in [2.24, 2.45) is 61.7 Å². The third-order valence-electron chi connectivity index (χ3n) is 15.1. The molecule has 1 aromatic rings. The fraction of sp³-hybridized carbons (Fsp3) is 0.667. The molecule has 0 heterocycles. The van der Waals surface area contributed by atoms with Gasteiger partial charge in [-0.15, -0.1) is 13.2 Å². The fourth-order valence-corrected chi connectivity index (χ4v) is 12.8. The Morgan fingerprint density at radius 3 is 2.08 bits per heavy atom. The van der Waals surface area contributed by atoms with Crippen molar-refractivity contribution < 1.29 is 19.8 Å². The van der Waals surface area contributed by atoms with E-state index in [4.69, 9.17) is 4.74 Å². The van der Waals surface area contributed by atoms with E-state index in [2.05, 4.69) is 84.5 Å². The predicted molar refractivity (Wildman–Crippen MR) is 214 cm³/mol. The molecule has 5 aliphatic carbocycles. The molecule has 0 saturated heterocycles. The highest BCUT2D eigenvalue weighted by Crippen LogP contribution is 2.77. The molecule has 0 aliphatic heterocycles. The molecule has 0 radical (unpaired) electrons. The number of hydrogen-bond donors (Lipinski definition) is 0. The summed E-state index contributed by atoms with van der Waals surface area (Å²) in [5, 5.41) is 0. The molecule has 4 fully saturated rings. The first-order valence-corrected chi connectivity index (χ1v) is 19.4. The number of hydrogen-bond acceptors (Lipinski definition) is 3. The molecule has 6 rings (SSSR count). The van der Waals surface area contributed by atoms with Gasteiger partial charge in [0.05, 0.1) is 24.4 Å². The molecule has 6 nitrogen and oxygen atoms in total. The first kappa shape index (κ1) is 42.4. The molecule has 1 aromatic carbocycles. The standard InChI is InChI=1S/C41H58N2O3.C2H6.C2H4.H2O/c1-26(2)29-17-22-41(36(45)42-25-43(8)9)24-23-39(6)31(34(29)41)15-16-33-38(5)20-18-30(27-11-13-28(14-12-27)35(44)46-10)37(3,4)32(38)19-21-40(33,39)7;2*1-2;/h11-14,18,25,29,31-34H,1,15-17,19-24H2,2-10H3;1-2H3;1-2H2;1H2/t29-,31+,32-,33+,34+,38-,39+,40+,41-;;;/m0.../s1. The molecule has 6 heteroatoms. The van der Waals surface area contributed by atoms with E-state index in [1.165, 1.54) is 49.5 Å². The van der Waals surface area contributed by atoms with E-state index < -0.39 is 0 Å². The molecule has 0 bridgehead atoms. The quantitative estimate of drug-likeness (QED) is 0.132. The molecule has 1 amide bonds. The minimum Gasteiger partial charge on any atom is -0.465 e. The van der Waals surface area contributed by atoms with E-state index >= 15 is 0 Å². The number of allylic oxidation sites excluding steroid dienone is 3. The van der Waals surface area contributed by atoms with Crippen molar-refractivity contribution in [3.63, 3.8) is 0 Å². The van der Waals surface area contributed by atoms with Gasteiger partial charge in [0.25, 0.3) is 5.91 Å². The normalized spacial score (nSPS) is 37.2. The Hall–Kier alpha value is -2.99. The lowest BCUT2D eigenvalue weighted by Crippen LogP contribution is -2.65. The van der Waals surface area contributed by atoms with Crippen LogP contribution in [0.2, 0.25) is 0 Å². The summed E-state index contributed by atoms with van der Waals surface area (Å²) in [6, 6.07) is 8.04. The van der Waals surface area contributed by atoms with Crippen LogP contribution in [-0.4, -0.2) is 49.8 Å². The Kier molecular flexibility index (Phi) is 12.9. The number of aliphatic imine (C=N–C) groups is 1. The number of ether oxygens (including phenoxy) is 1. The van der Waals surface area contributed by atoms with Crippen LogP contribution in [0.5, 0.6) is 0 Å². The molecule has 9 atom stereocenters. The fourth-order valence-electron chi connectivity index (χ4n) is 12.8. The van der Waals surface area contributed by atoms with Crippen molar-refractivity contribution in [1.82, 2.24) is 4.90 Å². The highest BCUT2D eigenvalue weighted by Gasteiger charge is 2.71. The van der Waals surface area contributed by atoms with Crippen LogP contribution in [0.25, 0.3) is 5.57 Å². The molecule has 284 valence electrons. The van der Waals surface area contributed by atoms with E-state index in [9.17, 15) is 9.59 Å². The van der Waals surface area contributed by atoms with Gasteiger partial charge in [-0.3, -0.25) is 4.79 Å². The van der Waals surface area contributed by atoms with Crippen LogP contribution in [-0.2, 0) is 9.53 Å². The molecule has 4 saturated carbocycles. The Bertz CT molecular complexity index is 1490. The first-order chi connectivity index (χ1) is 23.6. The SMILES string of the molecule is C=C.C=C(C)[C@@H]1CC[C@]2(C(=O)N=CN(C)C)CC[C@]3(C)[C@H](CC[C@@H]4[C@@]5(C)CC=C(c6ccc(C(=O)OC)cc6)C(C)(C)[C@@H]5CC[C@]43C)[C@@H]12.CC.O. The largest absolute Gasteiger partial charge is 0.465 e. The zero-order valence-corrected chi connectivity index (χ0v) is 34.0. The van der Waals surface area contributed by atoms with Crippen LogP contribution >= 0.6 is 0 Å². The Morgan fingerprint density at radius 2 is 1.51 bits per heavy atom. The average Bonchev–Trinajstić information content (AvgIpc) is 3.50. The minimum absolute atomic E-state index is 0. The van der Waals surface area contributed by atoms with Crippen LogP contribution in [0.3, 0.4) is 0 Å². The monoisotopic (exact) mass is 703 g/mol. The zero-order chi connectivity index (χ0) is 37.4. The van der Waals surface area contributed by atoms with Crippen molar-refractivity contribution in [1.29, 1.82) is 0 Å². The second kappa shape index (κ2) is 15.5. The van der Waals surface area contributed by atoms with Crippen LogP contribution in [0.15, 0.2) is 60.6 Å². The maximum Gasteiger partial charge on any atom is 0.337 e. The molecular formula is C45H70N2O4. The molecule has 0 unspecified atom stereocenters. The number of carbonyl (C=O) groups excluding carboxylic acids is 2. The molecule has 2 N–H and O–H groups in total. The summed E-state index contributed by atoms with van der Waals surface area (Å²) in [6.07, 6.45) is 14.4. The van der Waals surface area contributed by atoms with Crippen molar-refractivity contribution in [2.45, 2.75) is 113 Å². The zero-order valence-electron chi connectivity index (χ0n) is 34.0. The van der Waals surface area contributed by atoms with E-state index in [1.807, 2.05) is 45.0 Å². The second-order valence-corrected chi connectivity index (χ2v) is 17.5. The molecule has 0 spiro atoms. The summed E-state index contributed by atoms with van der Waals surface area (Å²) in [5.41, 5.74) is 4.79. The summed E-state index contributed by atoms with van der Waals surface area (Å²) in [4.78, 5) is 32.6. The Labute approximate surface area is 310 Å². The van der Waals surface area contributed by atoms with E-state index in [-0.39, 0.29) is 44.4 Å². The number of amides is 1. The minimum atomic E-state index is -0.349. The van der Waals surface area contributed by atoms with Gasteiger partial charge in [-0.05, 0) is 139 Å². The van der Waals surface area contributed by atoms with E-state index in [0.29, 0.717) is 35.2 Å². The lowest BCUT2D eigenvalue weighted by molar-refractivity contribution is -0.224. The number of carbonyl (C=O) groups is 2. The highest BCUT2D eigenvalue weighted by molar-refractivity contribution is 5.90. The Balaban J connectivity index is 0.00000136. The summed E-state index contributed by atoms with van der Waals surface area (Å²) in [5.74, 6) is 2.30. The van der Waals surface area contributed by atoms with Crippen LogP contribution in [0.4, 0.5) is 0 Å². The topological polar surface area (TPSA) is 90.5 Å².